The average Bonchev–Trinajstić information content (AvgIpc) is 3.08. The lowest BCUT2D eigenvalue weighted by molar-refractivity contribution is -0.143. The Morgan fingerprint density at radius 2 is 1.55 bits per heavy atom. The zero-order valence-corrected chi connectivity index (χ0v) is 18.0. The second kappa shape index (κ2) is 9.12. The number of hydrogen-bond donors (Lipinski definition) is 2. The number of carbonyl (C=O) groups is 4. The molecular weight excluding hydrogens is 422 g/mol. The average molecular weight is 445 g/mol. The fourth-order valence-corrected chi connectivity index (χ4v) is 4.04. The van der Waals surface area contributed by atoms with Crippen LogP contribution in [0.15, 0.2) is 60.7 Å². The van der Waals surface area contributed by atoms with E-state index >= 15 is 0 Å². The Balaban J connectivity index is 1.45. The Morgan fingerprint density at radius 1 is 0.939 bits per heavy atom. The van der Waals surface area contributed by atoms with Gasteiger partial charge in [-0.15, -0.1) is 0 Å². The number of methoxy groups -OCH3 is 1. The number of nitrogens with zero attached hydrogens (tertiary/aromatic N) is 1. The van der Waals surface area contributed by atoms with Crippen LogP contribution in [0.3, 0.4) is 0 Å². The number of nitrogens with two attached hydrogens (primary N) is 1. The number of esters is 1. The molecular formula is C25H23N3O5. The standard InChI is InChI=1S/C25H23N3O5/c1-33-25(32)21(11-6-14-28-23(30)18-9-4-5-10-19(18)24(28)31)27-22(29)17-12-13-20(26)16-8-3-2-7-15(16)17/h2-5,7-10,12-13,21H,6,11,14,26H2,1H3,(H,27,29). The summed E-state index contributed by atoms with van der Waals surface area (Å²) >= 11 is 0. The van der Waals surface area contributed by atoms with Crippen molar-refractivity contribution < 1.29 is 23.9 Å². The van der Waals surface area contributed by atoms with Crippen molar-refractivity contribution >= 4 is 40.2 Å². The molecule has 1 aliphatic heterocycles. The Bertz CT molecular complexity index is 1230. The summed E-state index contributed by atoms with van der Waals surface area (Å²) < 4.78 is 4.85. The van der Waals surface area contributed by atoms with Crippen molar-refractivity contribution in [2.45, 2.75) is 18.9 Å². The predicted molar refractivity (Wildman–Crippen MR) is 123 cm³/mol. The topological polar surface area (TPSA) is 119 Å². The first-order valence-corrected chi connectivity index (χ1v) is 10.5. The highest BCUT2D eigenvalue weighted by atomic mass is 16.5. The summed E-state index contributed by atoms with van der Waals surface area (Å²) in [5.41, 5.74) is 7.68. The van der Waals surface area contributed by atoms with E-state index in [1.54, 1.807) is 48.5 Å². The van der Waals surface area contributed by atoms with Crippen LogP contribution in [-0.2, 0) is 9.53 Å². The molecule has 8 nitrogen and oxygen atoms in total. The predicted octanol–water partition coefficient (Wildman–Crippen LogP) is 2.77. The summed E-state index contributed by atoms with van der Waals surface area (Å²) in [5.74, 6) is -1.77. The molecule has 3 amide bonds. The van der Waals surface area contributed by atoms with Gasteiger partial charge in [-0.1, -0.05) is 36.4 Å². The number of benzene rings is 3. The molecule has 8 heteroatoms. The van der Waals surface area contributed by atoms with Crippen LogP contribution >= 0.6 is 0 Å². The molecule has 1 atom stereocenters. The highest BCUT2D eigenvalue weighted by Crippen LogP contribution is 2.25. The number of fused-ring (bicyclic) bond motifs is 2. The Labute approximate surface area is 190 Å². The molecule has 0 aliphatic carbocycles. The quantitative estimate of drug-likeness (QED) is 0.328. The van der Waals surface area contributed by atoms with Gasteiger partial charge in [-0.25, -0.2) is 4.79 Å². The lowest BCUT2D eigenvalue weighted by Gasteiger charge is -2.19. The molecule has 1 heterocycles. The molecule has 0 spiro atoms. The molecule has 0 saturated carbocycles. The van der Waals surface area contributed by atoms with Gasteiger partial charge in [0.2, 0.25) is 0 Å². The molecule has 1 unspecified atom stereocenters. The van der Waals surface area contributed by atoms with Crippen molar-refractivity contribution in [3.05, 3.63) is 77.4 Å². The van der Waals surface area contributed by atoms with Crippen molar-refractivity contribution in [3.8, 4) is 0 Å². The molecule has 0 radical (unpaired) electrons. The zero-order valence-electron chi connectivity index (χ0n) is 18.0. The highest BCUT2D eigenvalue weighted by molar-refractivity contribution is 6.21. The van der Waals surface area contributed by atoms with Crippen LogP contribution in [0.4, 0.5) is 5.69 Å². The maximum Gasteiger partial charge on any atom is 0.328 e. The number of hydrogen-bond acceptors (Lipinski definition) is 6. The fraction of sp³-hybridized carbons (Fsp3) is 0.200. The summed E-state index contributed by atoms with van der Waals surface area (Å²) in [7, 11) is 1.24. The van der Waals surface area contributed by atoms with E-state index in [-0.39, 0.29) is 24.8 Å². The van der Waals surface area contributed by atoms with Crippen molar-refractivity contribution in [2.75, 3.05) is 19.4 Å². The molecule has 168 valence electrons. The molecule has 1 aliphatic rings. The van der Waals surface area contributed by atoms with Crippen molar-refractivity contribution in [3.63, 3.8) is 0 Å². The number of nitrogen functional groups attached to an aromatic ring is 1. The Hall–Kier alpha value is -4.20. The lowest BCUT2D eigenvalue weighted by atomic mass is 10.0. The molecule has 4 rings (SSSR count). The second-order valence-electron chi connectivity index (χ2n) is 7.75. The van der Waals surface area contributed by atoms with Crippen LogP contribution in [0.1, 0.15) is 43.9 Å². The number of rotatable bonds is 7. The number of amides is 3. The molecule has 33 heavy (non-hydrogen) atoms. The monoisotopic (exact) mass is 445 g/mol. The van der Waals surface area contributed by atoms with Crippen molar-refractivity contribution in [1.29, 1.82) is 0 Å². The number of nitrogens with one attached hydrogen (secondary N) is 1. The third-order valence-corrected chi connectivity index (χ3v) is 5.75. The van der Waals surface area contributed by atoms with Gasteiger partial charge in [0, 0.05) is 23.2 Å². The SMILES string of the molecule is COC(=O)C(CCCN1C(=O)c2ccccc2C1=O)NC(=O)c1ccc(N)c2ccccc12. The van der Waals surface area contributed by atoms with Crippen LogP contribution in [-0.4, -0.2) is 48.3 Å². The summed E-state index contributed by atoms with van der Waals surface area (Å²) in [5, 5.41) is 4.13. The summed E-state index contributed by atoms with van der Waals surface area (Å²) in [6, 6.07) is 16.2. The molecule has 3 aromatic rings. The van der Waals surface area contributed by atoms with Gasteiger partial charge in [-0.2, -0.15) is 0 Å². The molecule has 3 aromatic carbocycles. The van der Waals surface area contributed by atoms with E-state index in [0.29, 0.717) is 34.2 Å². The fourth-order valence-electron chi connectivity index (χ4n) is 4.04. The molecule has 0 fully saturated rings. The molecule has 0 aromatic heterocycles. The van der Waals surface area contributed by atoms with Crippen LogP contribution in [0.2, 0.25) is 0 Å². The molecule has 0 saturated heterocycles. The number of ether oxygens (including phenoxy) is 1. The van der Waals surface area contributed by atoms with Crippen LogP contribution in [0.5, 0.6) is 0 Å². The number of anilines is 1. The van der Waals surface area contributed by atoms with E-state index in [4.69, 9.17) is 10.5 Å². The summed E-state index contributed by atoms with van der Waals surface area (Å²) in [6.07, 6.45) is 0.507. The Morgan fingerprint density at radius 3 is 2.18 bits per heavy atom. The van der Waals surface area contributed by atoms with Gasteiger partial charge in [-0.05, 0) is 42.5 Å². The van der Waals surface area contributed by atoms with E-state index in [2.05, 4.69) is 5.32 Å². The van der Waals surface area contributed by atoms with E-state index < -0.39 is 17.9 Å². The van der Waals surface area contributed by atoms with Gasteiger partial charge in [0.1, 0.15) is 6.04 Å². The first kappa shape index (κ1) is 22.0. The smallest absolute Gasteiger partial charge is 0.328 e. The van der Waals surface area contributed by atoms with Gasteiger partial charge in [0.25, 0.3) is 17.7 Å². The first-order chi connectivity index (χ1) is 15.9. The van der Waals surface area contributed by atoms with Crippen LogP contribution < -0.4 is 11.1 Å². The zero-order chi connectivity index (χ0) is 23.5. The van der Waals surface area contributed by atoms with E-state index in [9.17, 15) is 19.2 Å². The van der Waals surface area contributed by atoms with Gasteiger partial charge < -0.3 is 15.8 Å². The third kappa shape index (κ3) is 4.15. The minimum atomic E-state index is -0.936. The van der Waals surface area contributed by atoms with Gasteiger partial charge in [0.15, 0.2) is 0 Å². The largest absolute Gasteiger partial charge is 0.467 e. The maximum atomic E-state index is 13.0. The number of imide groups is 1. The molecule has 3 N–H and O–H groups in total. The van der Waals surface area contributed by atoms with Crippen LogP contribution in [0, 0.1) is 0 Å². The van der Waals surface area contributed by atoms with Gasteiger partial charge in [-0.3, -0.25) is 19.3 Å². The van der Waals surface area contributed by atoms with Crippen molar-refractivity contribution in [2.24, 2.45) is 0 Å². The highest BCUT2D eigenvalue weighted by Gasteiger charge is 2.35. The van der Waals surface area contributed by atoms with Crippen molar-refractivity contribution in [1.82, 2.24) is 10.2 Å². The van der Waals surface area contributed by atoms with Crippen LogP contribution in [0.25, 0.3) is 10.8 Å². The van der Waals surface area contributed by atoms with Gasteiger partial charge >= 0.3 is 5.97 Å². The van der Waals surface area contributed by atoms with E-state index in [0.717, 1.165) is 10.3 Å². The van der Waals surface area contributed by atoms with E-state index in [1.165, 1.54) is 7.11 Å². The minimum absolute atomic E-state index is 0.126. The summed E-state index contributed by atoms with van der Waals surface area (Å²) in [4.78, 5) is 51.5. The summed E-state index contributed by atoms with van der Waals surface area (Å²) in [6.45, 7) is 0.126. The lowest BCUT2D eigenvalue weighted by Crippen LogP contribution is -2.42. The maximum absolute atomic E-state index is 13.0. The molecule has 0 bridgehead atoms. The first-order valence-electron chi connectivity index (χ1n) is 10.5. The normalized spacial score (nSPS) is 13.7. The third-order valence-electron chi connectivity index (χ3n) is 5.75. The number of carbonyl (C=O) groups excluding carboxylic acids is 4. The van der Waals surface area contributed by atoms with Gasteiger partial charge in [0.05, 0.1) is 18.2 Å². The Kier molecular flexibility index (Phi) is 6.08. The second-order valence-corrected chi connectivity index (χ2v) is 7.75. The minimum Gasteiger partial charge on any atom is -0.467 e. The van der Waals surface area contributed by atoms with E-state index in [1.807, 2.05) is 12.1 Å².